The lowest BCUT2D eigenvalue weighted by Gasteiger charge is -2.16. The van der Waals surface area contributed by atoms with Crippen LogP contribution in [0.15, 0.2) is 40.9 Å². The average Bonchev–Trinajstić information content (AvgIpc) is 2.38. The lowest BCUT2D eigenvalue weighted by Crippen LogP contribution is -2.18. The molecule has 0 fully saturated rings. The average molecular weight is 344 g/mol. The van der Waals surface area contributed by atoms with Crippen molar-refractivity contribution in [1.29, 1.82) is 0 Å². The van der Waals surface area contributed by atoms with Crippen molar-refractivity contribution in [3.05, 3.63) is 63.9 Å². The second kappa shape index (κ2) is 6.31. The van der Waals surface area contributed by atoms with Crippen LogP contribution in [-0.2, 0) is 6.42 Å². The molecule has 0 aliphatic carbocycles. The maximum atomic E-state index is 13.1. The Bertz CT molecular complexity index is 576. The summed E-state index contributed by atoms with van der Waals surface area (Å²) in [6, 6.07) is 9.66. The molecule has 5 heteroatoms. The van der Waals surface area contributed by atoms with Crippen LogP contribution >= 0.6 is 15.9 Å². The number of hydrogen-bond acceptors (Lipinski definition) is 1. The van der Waals surface area contributed by atoms with Gasteiger partial charge in [0.05, 0.1) is 0 Å². The fraction of sp³-hybridized carbons (Fsp3) is 0.200. The molecule has 0 aliphatic rings. The third kappa shape index (κ3) is 3.76. The van der Waals surface area contributed by atoms with Gasteiger partial charge in [-0.2, -0.15) is 0 Å². The number of hydrogen-bond donors (Lipinski definition) is 1. The summed E-state index contributed by atoms with van der Waals surface area (Å²) in [7, 11) is 0. The van der Waals surface area contributed by atoms with Crippen LogP contribution in [0, 0.1) is 17.5 Å². The third-order valence-corrected chi connectivity index (χ3v) is 3.38. The van der Waals surface area contributed by atoms with E-state index in [1.54, 1.807) is 0 Å². The van der Waals surface area contributed by atoms with E-state index < -0.39 is 17.5 Å². The molecule has 2 aromatic rings. The van der Waals surface area contributed by atoms with Crippen LogP contribution in [0.25, 0.3) is 0 Å². The van der Waals surface area contributed by atoms with Gasteiger partial charge in [-0.25, -0.2) is 13.2 Å². The summed E-state index contributed by atoms with van der Waals surface area (Å²) in [5.74, 6) is -3.83. The van der Waals surface area contributed by atoms with Gasteiger partial charge >= 0.3 is 0 Å². The van der Waals surface area contributed by atoms with E-state index in [1.807, 2.05) is 31.2 Å². The quantitative estimate of drug-likeness (QED) is 0.777. The molecule has 1 unspecified atom stereocenters. The summed E-state index contributed by atoms with van der Waals surface area (Å²) in [4.78, 5) is 0. The molecule has 0 saturated heterocycles. The molecular weight excluding hydrogens is 331 g/mol. The standard InChI is InChI=1S/C15H13BrF3N/c1-9(6-10-2-4-11(16)5-3-10)20-12-7-13(17)15(19)14(18)8-12/h2-5,7-9,20H,6H2,1H3. The van der Waals surface area contributed by atoms with Gasteiger partial charge in [0, 0.05) is 28.3 Å². The molecule has 0 aliphatic heterocycles. The summed E-state index contributed by atoms with van der Waals surface area (Å²) in [5, 5.41) is 2.96. The topological polar surface area (TPSA) is 12.0 Å². The fourth-order valence-electron chi connectivity index (χ4n) is 1.95. The molecule has 0 bridgehead atoms. The molecule has 0 aromatic heterocycles. The Hall–Kier alpha value is -1.49. The maximum Gasteiger partial charge on any atom is 0.194 e. The van der Waals surface area contributed by atoms with Crippen LogP contribution in [0.3, 0.4) is 0 Å². The SMILES string of the molecule is CC(Cc1ccc(Br)cc1)Nc1cc(F)c(F)c(F)c1. The molecule has 0 radical (unpaired) electrons. The number of halogens is 4. The molecule has 1 atom stereocenters. The first-order chi connectivity index (χ1) is 9.45. The molecule has 0 heterocycles. The van der Waals surface area contributed by atoms with E-state index in [4.69, 9.17) is 0 Å². The Morgan fingerprint density at radius 3 is 2.15 bits per heavy atom. The molecular formula is C15H13BrF3N. The highest BCUT2D eigenvalue weighted by molar-refractivity contribution is 9.10. The van der Waals surface area contributed by atoms with Gasteiger partial charge in [-0.15, -0.1) is 0 Å². The first kappa shape index (κ1) is 14.9. The van der Waals surface area contributed by atoms with Crippen LogP contribution in [0.4, 0.5) is 18.9 Å². The predicted octanol–water partition coefficient (Wildman–Crippen LogP) is 4.91. The zero-order valence-electron chi connectivity index (χ0n) is 10.8. The van der Waals surface area contributed by atoms with Crippen LogP contribution < -0.4 is 5.32 Å². The number of rotatable bonds is 4. The monoisotopic (exact) mass is 343 g/mol. The molecule has 106 valence electrons. The van der Waals surface area contributed by atoms with Crippen molar-refractivity contribution < 1.29 is 13.2 Å². The van der Waals surface area contributed by atoms with E-state index in [1.165, 1.54) is 0 Å². The van der Waals surface area contributed by atoms with Gasteiger partial charge in [0.1, 0.15) is 0 Å². The second-order valence-electron chi connectivity index (χ2n) is 4.63. The predicted molar refractivity (Wildman–Crippen MR) is 77.2 cm³/mol. The van der Waals surface area contributed by atoms with E-state index in [9.17, 15) is 13.2 Å². The van der Waals surface area contributed by atoms with Crippen molar-refractivity contribution in [3.8, 4) is 0 Å². The van der Waals surface area contributed by atoms with Gasteiger partial charge in [0.25, 0.3) is 0 Å². The highest BCUT2D eigenvalue weighted by Gasteiger charge is 2.12. The lowest BCUT2D eigenvalue weighted by molar-refractivity contribution is 0.447. The normalized spacial score (nSPS) is 12.2. The van der Waals surface area contributed by atoms with Crippen molar-refractivity contribution in [2.75, 3.05) is 5.32 Å². The number of nitrogens with one attached hydrogen (secondary N) is 1. The summed E-state index contributed by atoms with van der Waals surface area (Å²) < 4.78 is 40.0. The Morgan fingerprint density at radius 2 is 1.60 bits per heavy atom. The van der Waals surface area contributed by atoms with E-state index in [-0.39, 0.29) is 11.7 Å². The van der Waals surface area contributed by atoms with Gasteiger partial charge in [-0.1, -0.05) is 28.1 Å². The van der Waals surface area contributed by atoms with Crippen LogP contribution in [0.2, 0.25) is 0 Å². The summed E-state index contributed by atoms with van der Waals surface area (Å²) in [6.07, 6.45) is 0.688. The Balaban J connectivity index is 2.04. The van der Waals surface area contributed by atoms with Crippen LogP contribution in [0.1, 0.15) is 12.5 Å². The van der Waals surface area contributed by atoms with Crippen molar-refractivity contribution in [2.24, 2.45) is 0 Å². The Kier molecular flexibility index (Phi) is 4.70. The molecule has 0 saturated carbocycles. The zero-order chi connectivity index (χ0) is 14.7. The summed E-state index contributed by atoms with van der Waals surface area (Å²) in [6.45, 7) is 1.89. The summed E-state index contributed by atoms with van der Waals surface area (Å²) >= 11 is 3.35. The lowest BCUT2D eigenvalue weighted by atomic mass is 10.1. The third-order valence-electron chi connectivity index (χ3n) is 2.85. The molecule has 2 aromatic carbocycles. The minimum atomic E-state index is -1.45. The van der Waals surface area contributed by atoms with Gasteiger partial charge in [-0.3, -0.25) is 0 Å². The van der Waals surface area contributed by atoms with Gasteiger partial charge < -0.3 is 5.32 Å². The minimum absolute atomic E-state index is 0.0413. The van der Waals surface area contributed by atoms with Crippen molar-refractivity contribution in [3.63, 3.8) is 0 Å². The van der Waals surface area contributed by atoms with Crippen LogP contribution in [-0.4, -0.2) is 6.04 Å². The minimum Gasteiger partial charge on any atom is -0.382 e. The van der Waals surface area contributed by atoms with Gasteiger partial charge in [-0.05, 0) is 31.0 Å². The largest absolute Gasteiger partial charge is 0.382 e. The smallest absolute Gasteiger partial charge is 0.194 e. The van der Waals surface area contributed by atoms with E-state index in [2.05, 4.69) is 21.2 Å². The molecule has 20 heavy (non-hydrogen) atoms. The highest BCUT2D eigenvalue weighted by atomic mass is 79.9. The molecule has 0 spiro atoms. The summed E-state index contributed by atoms with van der Waals surface area (Å²) in [5.41, 5.74) is 1.32. The molecule has 2 rings (SSSR count). The van der Waals surface area contributed by atoms with Gasteiger partial charge in [0.15, 0.2) is 17.5 Å². The molecule has 0 amide bonds. The zero-order valence-corrected chi connectivity index (χ0v) is 12.3. The first-order valence-corrected chi connectivity index (χ1v) is 6.90. The molecule has 1 N–H and O–H groups in total. The highest BCUT2D eigenvalue weighted by Crippen LogP contribution is 2.19. The van der Waals surface area contributed by atoms with Gasteiger partial charge in [0.2, 0.25) is 0 Å². The Morgan fingerprint density at radius 1 is 1.05 bits per heavy atom. The van der Waals surface area contributed by atoms with Crippen molar-refractivity contribution in [1.82, 2.24) is 0 Å². The van der Waals surface area contributed by atoms with Crippen molar-refractivity contribution >= 4 is 21.6 Å². The number of anilines is 1. The van der Waals surface area contributed by atoms with E-state index >= 15 is 0 Å². The van der Waals surface area contributed by atoms with E-state index in [0.717, 1.165) is 22.2 Å². The first-order valence-electron chi connectivity index (χ1n) is 6.11. The van der Waals surface area contributed by atoms with Crippen LogP contribution in [0.5, 0.6) is 0 Å². The molecule has 1 nitrogen and oxygen atoms in total. The second-order valence-corrected chi connectivity index (χ2v) is 5.55. The Labute approximate surface area is 123 Å². The number of benzene rings is 2. The van der Waals surface area contributed by atoms with E-state index in [0.29, 0.717) is 6.42 Å². The van der Waals surface area contributed by atoms with Crippen molar-refractivity contribution in [2.45, 2.75) is 19.4 Å². The maximum absolute atomic E-state index is 13.1. The fourth-order valence-corrected chi connectivity index (χ4v) is 2.21.